The van der Waals surface area contributed by atoms with Crippen molar-refractivity contribution in [3.05, 3.63) is 148 Å². The maximum Gasteiger partial charge on any atom is 0.257 e. The van der Waals surface area contributed by atoms with Gasteiger partial charge in [0, 0.05) is 32.7 Å². The van der Waals surface area contributed by atoms with Crippen LogP contribution in [0.1, 0.15) is 79.7 Å². The third kappa shape index (κ3) is 11.6. The van der Waals surface area contributed by atoms with Crippen LogP contribution in [0.15, 0.2) is 124 Å². The third-order valence-electron chi connectivity index (χ3n) is 12.6. The van der Waals surface area contributed by atoms with Crippen LogP contribution in [-0.4, -0.2) is 101 Å². The first-order valence-corrected chi connectivity index (χ1v) is 24.3. The Balaban J connectivity index is 0.726. The highest BCUT2D eigenvalue weighted by atomic mass is 32.1. The first kappa shape index (κ1) is 48.4. The Kier molecular flexibility index (Phi) is 15.7. The topological polar surface area (TPSA) is 169 Å². The second-order valence-electron chi connectivity index (χ2n) is 17.3. The standard InChI is InChI=1S/C54H58N6O8S/c1-5-45(37-11-7-6-8-12-37)50(38-17-23-42(61)24-18-38)39-19-25-43(26-20-39)66-30-28-59(4)48(62)14-10-29-65-31-32-67-47-33-44(68-58-47)34-49(63)60-27-9-13-46(60)52-56-53(64)54(3,57-52)41-21-15-40(16-22-41)51-36(2)55-35-69-51/h6-8,11-12,15-26,33,35,46,61H,5,9-10,13-14,27-32,34H2,1-4H3,(H,56,57,64)/b50-45+/t46-,54+/m1/s1. The lowest BCUT2D eigenvalue weighted by molar-refractivity contribution is -0.131. The van der Waals surface area contributed by atoms with Crippen molar-refractivity contribution < 1.29 is 38.2 Å². The Bertz CT molecular complexity index is 2770. The van der Waals surface area contributed by atoms with Gasteiger partial charge in [-0.05, 0) is 108 Å². The molecule has 0 unspecified atom stereocenters. The summed E-state index contributed by atoms with van der Waals surface area (Å²) in [5.74, 6) is 1.66. The smallest absolute Gasteiger partial charge is 0.257 e. The maximum absolute atomic E-state index is 13.5. The molecule has 15 heteroatoms. The lowest BCUT2D eigenvalue weighted by Crippen LogP contribution is -2.46. The number of likely N-dealkylation sites (N-methyl/N-ethyl adjacent to an activating group) is 1. The zero-order valence-electron chi connectivity index (χ0n) is 39.5. The van der Waals surface area contributed by atoms with E-state index in [-0.39, 0.29) is 55.0 Å². The van der Waals surface area contributed by atoms with Crippen LogP contribution in [0.4, 0.5) is 0 Å². The molecule has 14 nitrogen and oxygen atoms in total. The van der Waals surface area contributed by atoms with E-state index in [0.717, 1.165) is 56.8 Å². The van der Waals surface area contributed by atoms with Gasteiger partial charge in [-0.1, -0.05) is 85.8 Å². The summed E-state index contributed by atoms with van der Waals surface area (Å²) in [6.45, 7) is 8.13. The third-order valence-corrected chi connectivity index (χ3v) is 13.6. The zero-order valence-corrected chi connectivity index (χ0v) is 40.3. The molecule has 2 N–H and O–H groups in total. The number of nitrogens with one attached hydrogen (secondary N) is 1. The Hall–Kier alpha value is -7.10. The lowest BCUT2D eigenvalue weighted by atomic mass is 9.88. The zero-order chi connectivity index (χ0) is 48.3. The van der Waals surface area contributed by atoms with Crippen LogP contribution in [0.25, 0.3) is 21.6 Å². The van der Waals surface area contributed by atoms with Gasteiger partial charge in [0.15, 0.2) is 5.54 Å². The molecule has 1 saturated heterocycles. The molecule has 6 aromatic rings. The average molecular weight is 951 g/mol. The number of amidine groups is 1. The molecule has 0 saturated carbocycles. The molecule has 8 rings (SSSR count). The predicted octanol–water partition coefficient (Wildman–Crippen LogP) is 8.87. The Morgan fingerprint density at radius 1 is 0.928 bits per heavy atom. The number of phenolic OH excluding ortho intramolecular Hbond substituents is 1. The quantitative estimate of drug-likeness (QED) is 0.0525. The Morgan fingerprint density at radius 3 is 2.38 bits per heavy atom. The minimum Gasteiger partial charge on any atom is -0.508 e. The van der Waals surface area contributed by atoms with Crippen molar-refractivity contribution in [2.24, 2.45) is 4.99 Å². The summed E-state index contributed by atoms with van der Waals surface area (Å²) < 4.78 is 22.9. The highest BCUT2D eigenvalue weighted by Gasteiger charge is 2.45. The largest absolute Gasteiger partial charge is 0.508 e. The number of benzene rings is 4. The lowest BCUT2D eigenvalue weighted by Gasteiger charge is -2.24. The Morgan fingerprint density at radius 2 is 1.67 bits per heavy atom. The molecule has 2 aromatic heterocycles. The number of ether oxygens (including phenoxy) is 3. The van der Waals surface area contributed by atoms with Gasteiger partial charge in [-0.2, -0.15) is 0 Å². The molecular weight excluding hydrogens is 893 g/mol. The average Bonchev–Trinajstić information content (AvgIpc) is 4.19. The number of carbonyl (C=O) groups is 3. The van der Waals surface area contributed by atoms with E-state index in [9.17, 15) is 19.5 Å². The van der Waals surface area contributed by atoms with Crippen LogP contribution >= 0.6 is 11.3 Å². The number of phenols is 1. The van der Waals surface area contributed by atoms with Crippen molar-refractivity contribution >= 4 is 46.0 Å². The number of hydrogen-bond acceptors (Lipinski definition) is 12. The summed E-state index contributed by atoms with van der Waals surface area (Å²) in [5.41, 5.74) is 8.99. The molecular formula is C54H58N6O8S. The maximum atomic E-state index is 13.5. The number of nitrogens with zero attached hydrogens (tertiary/aromatic N) is 5. The second-order valence-corrected chi connectivity index (χ2v) is 18.1. The number of aromatic hydroxyl groups is 1. The number of thiazole rings is 1. The van der Waals surface area contributed by atoms with Crippen molar-refractivity contribution in [2.75, 3.05) is 46.6 Å². The summed E-state index contributed by atoms with van der Waals surface area (Å²) in [4.78, 5) is 53.5. The van der Waals surface area contributed by atoms with Gasteiger partial charge in [0.25, 0.3) is 11.8 Å². The molecule has 2 aliphatic heterocycles. The van der Waals surface area contributed by atoms with E-state index >= 15 is 0 Å². The van der Waals surface area contributed by atoms with Crippen LogP contribution in [-0.2, 0) is 31.1 Å². The summed E-state index contributed by atoms with van der Waals surface area (Å²) in [7, 11) is 1.77. The van der Waals surface area contributed by atoms with E-state index in [2.05, 4.69) is 34.5 Å². The van der Waals surface area contributed by atoms with Crippen molar-refractivity contribution in [1.82, 2.24) is 25.3 Å². The van der Waals surface area contributed by atoms with Gasteiger partial charge < -0.3 is 39.0 Å². The number of aryl methyl sites for hydroxylation is 1. The molecule has 0 spiro atoms. The van der Waals surface area contributed by atoms with Gasteiger partial charge in [-0.3, -0.25) is 14.4 Å². The Labute approximate surface area is 406 Å². The molecule has 69 heavy (non-hydrogen) atoms. The highest BCUT2D eigenvalue weighted by molar-refractivity contribution is 7.13. The predicted molar refractivity (Wildman–Crippen MR) is 266 cm³/mol. The van der Waals surface area contributed by atoms with E-state index in [1.54, 1.807) is 53.3 Å². The summed E-state index contributed by atoms with van der Waals surface area (Å²) in [6.07, 6.45) is 3.17. The minimum atomic E-state index is -1.11. The van der Waals surface area contributed by atoms with E-state index < -0.39 is 5.54 Å². The number of aromatic nitrogens is 2. The normalized spacial score (nSPS) is 17.0. The van der Waals surface area contributed by atoms with Gasteiger partial charge in [0.1, 0.15) is 36.3 Å². The molecule has 4 aromatic carbocycles. The fraction of sp³-hybridized carbons (Fsp3) is 0.333. The van der Waals surface area contributed by atoms with Crippen LogP contribution in [0, 0.1) is 6.92 Å². The summed E-state index contributed by atoms with van der Waals surface area (Å²) >= 11 is 1.58. The minimum absolute atomic E-state index is 0.000904. The van der Waals surface area contributed by atoms with Gasteiger partial charge >= 0.3 is 0 Å². The first-order valence-electron chi connectivity index (χ1n) is 23.4. The fourth-order valence-corrected chi connectivity index (χ4v) is 9.57. The first-order chi connectivity index (χ1) is 33.5. The number of hydrogen-bond donors (Lipinski definition) is 2. The van der Waals surface area contributed by atoms with E-state index in [0.29, 0.717) is 62.9 Å². The van der Waals surface area contributed by atoms with Gasteiger partial charge in [-0.25, -0.2) is 9.98 Å². The number of allylic oxidation sites excluding steroid dienone is 1. The molecule has 1 fully saturated rings. The molecule has 3 amide bonds. The molecule has 0 bridgehead atoms. The van der Waals surface area contributed by atoms with Gasteiger partial charge in [-0.15, -0.1) is 11.3 Å². The molecule has 2 atom stereocenters. The molecule has 0 aliphatic carbocycles. The molecule has 358 valence electrons. The van der Waals surface area contributed by atoms with Crippen LogP contribution < -0.4 is 14.8 Å². The molecule has 0 radical (unpaired) electrons. The van der Waals surface area contributed by atoms with Crippen LogP contribution in [0.5, 0.6) is 17.4 Å². The number of rotatable bonds is 21. The van der Waals surface area contributed by atoms with Crippen molar-refractivity contribution in [1.29, 1.82) is 0 Å². The van der Waals surface area contributed by atoms with Crippen molar-refractivity contribution in [3.63, 3.8) is 0 Å². The van der Waals surface area contributed by atoms with Crippen molar-refractivity contribution in [2.45, 2.75) is 70.9 Å². The van der Waals surface area contributed by atoms with Crippen molar-refractivity contribution in [3.8, 4) is 27.8 Å². The van der Waals surface area contributed by atoms with Gasteiger partial charge in [0.05, 0.1) is 41.7 Å². The fourth-order valence-electron chi connectivity index (χ4n) is 8.76. The number of amides is 3. The molecule has 2 aliphatic rings. The number of likely N-dealkylation sites (tertiary alicyclic amines) is 1. The summed E-state index contributed by atoms with van der Waals surface area (Å²) in [6, 6.07) is 34.7. The summed E-state index contributed by atoms with van der Waals surface area (Å²) in [5, 5.41) is 16.9. The van der Waals surface area contributed by atoms with Crippen LogP contribution in [0.2, 0.25) is 0 Å². The van der Waals surface area contributed by atoms with E-state index in [1.165, 1.54) is 5.57 Å². The number of carbonyl (C=O) groups excluding carboxylic acids is 3. The van der Waals surface area contributed by atoms with Crippen LogP contribution in [0.3, 0.4) is 0 Å². The highest BCUT2D eigenvalue weighted by Crippen LogP contribution is 2.37. The molecule has 4 heterocycles. The monoisotopic (exact) mass is 950 g/mol. The van der Waals surface area contributed by atoms with E-state index in [1.807, 2.05) is 91.3 Å². The van der Waals surface area contributed by atoms with E-state index in [4.69, 9.17) is 23.7 Å². The SMILES string of the molecule is CC/C(=C(/c1ccc(O)cc1)c1ccc(OCCN(C)C(=O)CCCOCCOc2cc(CC(=O)N3CCC[C@@H]3C3=N[C@@](C)(c4ccc(-c5scnc5C)cc4)C(=O)N3)on2)cc1)c1ccccc1. The second kappa shape index (κ2) is 22.3. The number of aliphatic imine (C=N–C) groups is 1. The van der Waals surface area contributed by atoms with Gasteiger partial charge in [0.2, 0.25) is 11.8 Å².